The molecule has 1 saturated carbocycles. The number of hydrogen-bond donors (Lipinski definition) is 1. The van der Waals surface area contributed by atoms with Gasteiger partial charge in [-0.25, -0.2) is 8.42 Å². The summed E-state index contributed by atoms with van der Waals surface area (Å²) in [6.45, 7) is 7.16. The lowest BCUT2D eigenvalue weighted by Crippen LogP contribution is -2.38. The standard InChI is InChI=1S/C17H35NO2S/c1-4-8-15-10-12-16(13-11-15)17(18-5-2)9-7-14-21(19,20)6-3/h15-18H,4-14H2,1-3H3. The van der Waals surface area contributed by atoms with Crippen molar-refractivity contribution in [3.8, 4) is 0 Å². The molecule has 126 valence electrons. The van der Waals surface area contributed by atoms with Gasteiger partial charge in [0.05, 0.1) is 5.75 Å². The fourth-order valence-corrected chi connectivity index (χ4v) is 4.62. The lowest BCUT2D eigenvalue weighted by molar-refractivity contribution is 0.208. The van der Waals surface area contributed by atoms with Crippen LogP contribution in [0.15, 0.2) is 0 Å². The molecular weight excluding hydrogens is 282 g/mol. The van der Waals surface area contributed by atoms with Crippen molar-refractivity contribution < 1.29 is 8.42 Å². The van der Waals surface area contributed by atoms with E-state index in [4.69, 9.17) is 0 Å². The maximum Gasteiger partial charge on any atom is 0.150 e. The number of rotatable bonds is 10. The van der Waals surface area contributed by atoms with E-state index in [1.54, 1.807) is 6.92 Å². The van der Waals surface area contributed by atoms with Crippen molar-refractivity contribution in [2.75, 3.05) is 18.1 Å². The van der Waals surface area contributed by atoms with Gasteiger partial charge in [-0.05, 0) is 44.1 Å². The molecule has 21 heavy (non-hydrogen) atoms. The summed E-state index contributed by atoms with van der Waals surface area (Å²) in [6, 6.07) is 0.518. The molecule has 4 heteroatoms. The molecule has 1 N–H and O–H groups in total. The van der Waals surface area contributed by atoms with Crippen LogP contribution in [0.25, 0.3) is 0 Å². The van der Waals surface area contributed by atoms with Crippen LogP contribution < -0.4 is 5.32 Å². The van der Waals surface area contributed by atoms with E-state index in [2.05, 4.69) is 19.2 Å². The summed E-state index contributed by atoms with van der Waals surface area (Å²) in [6.07, 6.45) is 9.89. The summed E-state index contributed by atoms with van der Waals surface area (Å²) in [5.74, 6) is 2.33. The molecule has 1 aliphatic rings. The van der Waals surface area contributed by atoms with Crippen LogP contribution in [-0.2, 0) is 9.84 Å². The summed E-state index contributed by atoms with van der Waals surface area (Å²) >= 11 is 0. The topological polar surface area (TPSA) is 46.2 Å². The van der Waals surface area contributed by atoms with Crippen LogP contribution in [0.5, 0.6) is 0 Å². The third-order valence-corrected chi connectivity index (χ3v) is 6.82. The van der Waals surface area contributed by atoms with E-state index in [9.17, 15) is 8.42 Å². The van der Waals surface area contributed by atoms with E-state index in [1.165, 1.54) is 38.5 Å². The summed E-state index contributed by atoms with van der Waals surface area (Å²) in [5.41, 5.74) is 0. The third-order valence-electron chi connectivity index (χ3n) is 5.03. The molecule has 3 nitrogen and oxygen atoms in total. The van der Waals surface area contributed by atoms with Crippen molar-refractivity contribution in [3.05, 3.63) is 0 Å². The molecular formula is C17H35NO2S. The zero-order valence-electron chi connectivity index (χ0n) is 14.2. The molecule has 0 aliphatic heterocycles. The van der Waals surface area contributed by atoms with Gasteiger partial charge in [0.15, 0.2) is 0 Å². The Balaban J connectivity index is 2.39. The minimum absolute atomic E-state index is 0.279. The average Bonchev–Trinajstić information content (AvgIpc) is 2.47. The van der Waals surface area contributed by atoms with Gasteiger partial charge >= 0.3 is 0 Å². The van der Waals surface area contributed by atoms with Crippen molar-refractivity contribution in [2.45, 2.75) is 78.2 Å². The Bertz CT molecular complexity index is 359. The minimum Gasteiger partial charge on any atom is -0.314 e. The Morgan fingerprint density at radius 2 is 1.76 bits per heavy atom. The second-order valence-corrected chi connectivity index (χ2v) is 9.08. The highest BCUT2D eigenvalue weighted by Crippen LogP contribution is 2.34. The van der Waals surface area contributed by atoms with Gasteiger partial charge in [-0.1, -0.05) is 46.5 Å². The van der Waals surface area contributed by atoms with E-state index in [0.717, 1.165) is 31.2 Å². The molecule has 1 unspecified atom stereocenters. The summed E-state index contributed by atoms with van der Waals surface area (Å²) in [5, 5.41) is 3.61. The van der Waals surface area contributed by atoms with E-state index < -0.39 is 9.84 Å². The van der Waals surface area contributed by atoms with Crippen molar-refractivity contribution >= 4 is 9.84 Å². The Labute approximate surface area is 132 Å². The summed E-state index contributed by atoms with van der Waals surface area (Å²) < 4.78 is 23.2. The molecule has 0 amide bonds. The van der Waals surface area contributed by atoms with Crippen LogP contribution >= 0.6 is 0 Å². The summed E-state index contributed by atoms with van der Waals surface area (Å²) in [4.78, 5) is 0. The smallest absolute Gasteiger partial charge is 0.150 e. The fraction of sp³-hybridized carbons (Fsp3) is 1.00. The largest absolute Gasteiger partial charge is 0.314 e. The Kier molecular flexibility index (Phi) is 8.88. The highest BCUT2D eigenvalue weighted by atomic mass is 32.2. The maximum absolute atomic E-state index is 11.6. The van der Waals surface area contributed by atoms with Gasteiger partial charge in [-0.3, -0.25) is 0 Å². The van der Waals surface area contributed by atoms with Gasteiger partial charge in [0.25, 0.3) is 0 Å². The first kappa shape index (κ1) is 19.0. The monoisotopic (exact) mass is 317 g/mol. The molecule has 0 radical (unpaired) electrons. The van der Waals surface area contributed by atoms with Crippen molar-refractivity contribution in [1.82, 2.24) is 5.32 Å². The first-order valence-corrected chi connectivity index (χ1v) is 10.8. The molecule has 0 spiro atoms. The predicted octanol–water partition coefficient (Wildman–Crippen LogP) is 3.79. The van der Waals surface area contributed by atoms with Crippen LogP contribution in [0, 0.1) is 11.8 Å². The normalized spacial score (nSPS) is 24.9. The number of nitrogens with one attached hydrogen (secondary N) is 1. The molecule has 0 aromatic heterocycles. The molecule has 0 heterocycles. The van der Waals surface area contributed by atoms with E-state index in [-0.39, 0.29) is 5.75 Å². The molecule has 0 aromatic rings. The molecule has 0 saturated heterocycles. The Hall–Kier alpha value is -0.0900. The van der Waals surface area contributed by atoms with Crippen LogP contribution in [-0.4, -0.2) is 32.5 Å². The van der Waals surface area contributed by atoms with Gasteiger partial charge in [-0.2, -0.15) is 0 Å². The van der Waals surface area contributed by atoms with Gasteiger partial charge in [0.1, 0.15) is 9.84 Å². The zero-order valence-corrected chi connectivity index (χ0v) is 15.1. The van der Waals surface area contributed by atoms with Gasteiger partial charge in [-0.15, -0.1) is 0 Å². The molecule has 0 aromatic carbocycles. The number of hydrogen-bond acceptors (Lipinski definition) is 3. The van der Waals surface area contributed by atoms with Crippen LogP contribution in [0.2, 0.25) is 0 Å². The SMILES string of the molecule is CCCC1CCC(C(CCCS(=O)(=O)CC)NCC)CC1. The van der Waals surface area contributed by atoms with Crippen LogP contribution in [0.4, 0.5) is 0 Å². The summed E-state index contributed by atoms with van der Waals surface area (Å²) in [7, 11) is -2.80. The van der Waals surface area contributed by atoms with Crippen molar-refractivity contribution in [3.63, 3.8) is 0 Å². The van der Waals surface area contributed by atoms with Gasteiger partial charge in [0, 0.05) is 11.8 Å². The minimum atomic E-state index is -2.80. The molecule has 0 bridgehead atoms. The second kappa shape index (κ2) is 9.83. The molecule has 1 aliphatic carbocycles. The van der Waals surface area contributed by atoms with Crippen molar-refractivity contribution in [1.29, 1.82) is 0 Å². The predicted molar refractivity (Wildman–Crippen MR) is 91.4 cm³/mol. The van der Waals surface area contributed by atoms with Crippen molar-refractivity contribution in [2.24, 2.45) is 11.8 Å². The lowest BCUT2D eigenvalue weighted by Gasteiger charge is -2.34. The number of sulfone groups is 1. The van der Waals surface area contributed by atoms with Crippen LogP contribution in [0.3, 0.4) is 0 Å². The molecule has 1 fully saturated rings. The van der Waals surface area contributed by atoms with Gasteiger partial charge in [0.2, 0.25) is 0 Å². The van der Waals surface area contributed by atoms with E-state index >= 15 is 0 Å². The van der Waals surface area contributed by atoms with E-state index in [0.29, 0.717) is 11.8 Å². The molecule has 1 rings (SSSR count). The lowest BCUT2D eigenvalue weighted by atomic mass is 9.76. The van der Waals surface area contributed by atoms with Crippen LogP contribution in [0.1, 0.15) is 72.1 Å². The Morgan fingerprint density at radius 3 is 2.29 bits per heavy atom. The van der Waals surface area contributed by atoms with E-state index in [1.807, 2.05) is 0 Å². The first-order valence-electron chi connectivity index (χ1n) is 8.96. The highest BCUT2D eigenvalue weighted by Gasteiger charge is 2.26. The third kappa shape index (κ3) is 7.14. The van der Waals surface area contributed by atoms with Gasteiger partial charge < -0.3 is 5.32 Å². The quantitative estimate of drug-likeness (QED) is 0.667. The second-order valence-electron chi connectivity index (χ2n) is 6.61. The zero-order chi connectivity index (χ0) is 15.7. The highest BCUT2D eigenvalue weighted by molar-refractivity contribution is 7.91. The molecule has 1 atom stereocenters. The average molecular weight is 318 g/mol. The fourth-order valence-electron chi connectivity index (χ4n) is 3.72. The maximum atomic E-state index is 11.6. The first-order chi connectivity index (χ1) is 10.0. The Morgan fingerprint density at radius 1 is 1.10 bits per heavy atom.